The molecule has 0 spiro atoms. The van der Waals surface area contributed by atoms with E-state index in [0.29, 0.717) is 16.0 Å². The van der Waals surface area contributed by atoms with Crippen molar-refractivity contribution in [2.24, 2.45) is 0 Å². The lowest BCUT2D eigenvalue weighted by Gasteiger charge is -2.00. The van der Waals surface area contributed by atoms with Gasteiger partial charge in [0.15, 0.2) is 16.6 Å². The molecule has 0 fully saturated rings. The van der Waals surface area contributed by atoms with Crippen molar-refractivity contribution >= 4 is 50.1 Å². The number of rotatable bonds is 3. The molecule has 0 radical (unpaired) electrons. The van der Waals surface area contributed by atoms with E-state index in [9.17, 15) is 4.79 Å². The molecule has 20 heavy (non-hydrogen) atoms. The van der Waals surface area contributed by atoms with Gasteiger partial charge in [-0.05, 0) is 18.2 Å². The molecule has 3 rings (SSSR count). The Morgan fingerprint density at radius 2 is 2.15 bits per heavy atom. The van der Waals surface area contributed by atoms with Gasteiger partial charge >= 0.3 is 5.97 Å². The highest BCUT2D eigenvalue weighted by Crippen LogP contribution is 2.29. The molecule has 2 N–H and O–H groups in total. The van der Waals surface area contributed by atoms with Gasteiger partial charge < -0.3 is 10.4 Å². The highest BCUT2D eigenvalue weighted by molar-refractivity contribution is 7.22. The van der Waals surface area contributed by atoms with E-state index in [4.69, 9.17) is 16.7 Å². The topological polar surface area (TPSA) is 88.0 Å². The van der Waals surface area contributed by atoms with Crippen LogP contribution in [0.15, 0.2) is 30.6 Å². The molecule has 100 valence electrons. The third-order valence-corrected chi connectivity index (χ3v) is 3.63. The predicted molar refractivity (Wildman–Crippen MR) is 76.9 cm³/mol. The number of halogens is 1. The first kappa shape index (κ1) is 12.8. The second kappa shape index (κ2) is 5.03. The van der Waals surface area contributed by atoms with Crippen molar-refractivity contribution in [2.75, 3.05) is 5.32 Å². The third-order valence-electron chi connectivity index (χ3n) is 2.46. The molecular formula is C12H7ClN4O2S. The van der Waals surface area contributed by atoms with E-state index < -0.39 is 5.97 Å². The Balaban J connectivity index is 1.87. The number of benzene rings is 1. The maximum atomic E-state index is 10.7. The van der Waals surface area contributed by atoms with Gasteiger partial charge in [-0.25, -0.2) is 19.7 Å². The minimum Gasteiger partial charge on any atom is -0.476 e. The zero-order chi connectivity index (χ0) is 14.1. The predicted octanol–water partition coefficient (Wildman–Crippen LogP) is 3.18. The molecule has 8 heteroatoms. The average Bonchev–Trinajstić information content (AvgIpc) is 2.80. The highest BCUT2D eigenvalue weighted by Gasteiger charge is 2.07. The minimum atomic E-state index is -1.11. The number of fused-ring (bicyclic) bond motifs is 1. The first-order valence-electron chi connectivity index (χ1n) is 5.50. The van der Waals surface area contributed by atoms with Crippen LogP contribution in [0.2, 0.25) is 5.02 Å². The monoisotopic (exact) mass is 306 g/mol. The second-order valence-corrected chi connectivity index (χ2v) is 5.32. The van der Waals surface area contributed by atoms with Crippen LogP contribution in [0.1, 0.15) is 10.5 Å². The van der Waals surface area contributed by atoms with E-state index in [1.54, 1.807) is 6.07 Å². The van der Waals surface area contributed by atoms with Crippen LogP contribution in [0.4, 0.5) is 10.9 Å². The number of nitrogens with zero attached hydrogens (tertiary/aromatic N) is 3. The summed E-state index contributed by atoms with van der Waals surface area (Å²) in [6.45, 7) is 0. The number of anilines is 2. The Labute approximate surface area is 122 Å². The molecule has 0 amide bonds. The van der Waals surface area contributed by atoms with Crippen LogP contribution in [0.25, 0.3) is 10.2 Å². The van der Waals surface area contributed by atoms with Crippen LogP contribution in [0, 0.1) is 0 Å². The van der Waals surface area contributed by atoms with E-state index in [1.807, 2.05) is 12.1 Å². The van der Waals surface area contributed by atoms with Crippen molar-refractivity contribution in [3.8, 4) is 0 Å². The summed E-state index contributed by atoms with van der Waals surface area (Å²) in [6, 6.07) is 5.44. The zero-order valence-electron chi connectivity index (χ0n) is 9.87. The SMILES string of the molecule is O=C(O)c1cnc(Nc2nc3ccc(Cl)cc3s2)cn1. The molecule has 6 nitrogen and oxygen atoms in total. The number of hydrogen-bond donors (Lipinski definition) is 2. The van der Waals surface area contributed by atoms with Crippen molar-refractivity contribution < 1.29 is 9.90 Å². The van der Waals surface area contributed by atoms with Gasteiger partial charge in [0.25, 0.3) is 0 Å². The number of aromatic carboxylic acids is 1. The van der Waals surface area contributed by atoms with Gasteiger partial charge in [-0.15, -0.1) is 0 Å². The van der Waals surface area contributed by atoms with Crippen LogP contribution >= 0.6 is 22.9 Å². The van der Waals surface area contributed by atoms with Crippen LogP contribution < -0.4 is 5.32 Å². The molecule has 0 atom stereocenters. The normalized spacial score (nSPS) is 10.7. The fourth-order valence-corrected chi connectivity index (χ4v) is 2.71. The first-order chi connectivity index (χ1) is 9.61. The Morgan fingerprint density at radius 1 is 1.30 bits per heavy atom. The highest BCUT2D eigenvalue weighted by atomic mass is 35.5. The minimum absolute atomic E-state index is 0.105. The molecule has 1 aromatic carbocycles. The molecular weight excluding hydrogens is 300 g/mol. The van der Waals surface area contributed by atoms with Gasteiger partial charge in [-0.3, -0.25) is 0 Å². The summed E-state index contributed by atoms with van der Waals surface area (Å²) >= 11 is 7.34. The molecule has 0 saturated carbocycles. The molecule has 0 aliphatic heterocycles. The lowest BCUT2D eigenvalue weighted by atomic mass is 10.3. The van der Waals surface area contributed by atoms with Crippen molar-refractivity contribution in [3.63, 3.8) is 0 Å². The van der Waals surface area contributed by atoms with Crippen molar-refractivity contribution in [1.82, 2.24) is 15.0 Å². The maximum absolute atomic E-state index is 10.7. The summed E-state index contributed by atoms with van der Waals surface area (Å²) in [5.74, 6) is -0.682. The zero-order valence-corrected chi connectivity index (χ0v) is 11.4. The van der Waals surface area contributed by atoms with Crippen LogP contribution in [-0.2, 0) is 0 Å². The molecule has 0 unspecified atom stereocenters. The van der Waals surface area contributed by atoms with Gasteiger partial charge in [0.2, 0.25) is 0 Å². The number of carbonyl (C=O) groups is 1. The van der Waals surface area contributed by atoms with Gasteiger partial charge in [0.05, 0.1) is 22.6 Å². The fourth-order valence-electron chi connectivity index (χ4n) is 1.56. The van der Waals surface area contributed by atoms with Gasteiger partial charge in [-0.2, -0.15) is 0 Å². The third kappa shape index (κ3) is 2.54. The molecule has 0 bridgehead atoms. The number of hydrogen-bond acceptors (Lipinski definition) is 6. The Bertz CT molecular complexity index is 788. The quantitative estimate of drug-likeness (QED) is 0.772. The van der Waals surface area contributed by atoms with E-state index in [0.717, 1.165) is 10.2 Å². The number of nitrogens with one attached hydrogen (secondary N) is 1. The van der Waals surface area contributed by atoms with Crippen LogP contribution in [-0.4, -0.2) is 26.0 Å². The summed E-state index contributed by atoms with van der Waals surface area (Å²) in [6.07, 6.45) is 2.54. The van der Waals surface area contributed by atoms with Crippen LogP contribution in [0.3, 0.4) is 0 Å². The van der Waals surface area contributed by atoms with Crippen molar-refractivity contribution in [1.29, 1.82) is 0 Å². The lowest BCUT2D eigenvalue weighted by molar-refractivity contribution is 0.0690. The number of carboxylic acid groups (broad SMARTS) is 1. The van der Waals surface area contributed by atoms with Gasteiger partial charge in [0.1, 0.15) is 0 Å². The smallest absolute Gasteiger partial charge is 0.356 e. The molecule has 0 aliphatic rings. The summed E-state index contributed by atoms with van der Waals surface area (Å²) in [4.78, 5) is 22.8. The van der Waals surface area contributed by atoms with Gasteiger partial charge in [-0.1, -0.05) is 22.9 Å². The van der Waals surface area contributed by atoms with E-state index in [1.165, 1.54) is 23.7 Å². The Morgan fingerprint density at radius 3 is 2.85 bits per heavy atom. The average molecular weight is 307 g/mol. The second-order valence-electron chi connectivity index (χ2n) is 3.85. The molecule has 2 heterocycles. The number of thiazole rings is 1. The molecule has 3 aromatic rings. The maximum Gasteiger partial charge on any atom is 0.356 e. The first-order valence-corrected chi connectivity index (χ1v) is 6.70. The van der Waals surface area contributed by atoms with E-state index in [-0.39, 0.29) is 5.69 Å². The van der Waals surface area contributed by atoms with E-state index >= 15 is 0 Å². The molecule has 2 aromatic heterocycles. The summed E-state index contributed by atoms with van der Waals surface area (Å²) < 4.78 is 0.954. The Hall–Kier alpha value is -2.25. The lowest BCUT2D eigenvalue weighted by Crippen LogP contribution is -2.02. The number of carboxylic acids is 1. The van der Waals surface area contributed by atoms with Crippen LogP contribution in [0.5, 0.6) is 0 Å². The molecule has 0 aliphatic carbocycles. The molecule has 0 saturated heterocycles. The Kier molecular flexibility index (Phi) is 3.21. The standard InChI is InChI=1S/C12H7ClN4O2S/c13-6-1-2-7-9(3-6)20-12(16-7)17-10-5-14-8(4-15-10)11(18)19/h1-5H,(H,18,19)(H,15,16,17). The summed E-state index contributed by atoms with van der Waals surface area (Å²) in [7, 11) is 0. The van der Waals surface area contributed by atoms with Crippen molar-refractivity contribution in [2.45, 2.75) is 0 Å². The van der Waals surface area contributed by atoms with Crippen molar-refractivity contribution in [3.05, 3.63) is 41.3 Å². The number of aromatic nitrogens is 3. The van der Waals surface area contributed by atoms with Gasteiger partial charge in [0, 0.05) is 5.02 Å². The largest absolute Gasteiger partial charge is 0.476 e. The fraction of sp³-hybridized carbons (Fsp3) is 0. The summed E-state index contributed by atoms with van der Waals surface area (Å²) in [5, 5.41) is 13.0. The van der Waals surface area contributed by atoms with E-state index in [2.05, 4.69) is 20.3 Å². The summed E-state index contributed by atoms with van der Waals surface area (Å²) in [5.41, 5.74) is 0.726.